The molecule has 1 heterocycles. The van der Waals surface area contributed by atoms with Gasteiger partial charge < -0.3 is 0 Å². The fourth-order valence-corrected chi connectivity index (χ4v) is 20.1. The number of thiophene rings is 1. The van der Waals surface area contributed by atoms with Gasteiger partial charge in [-0.3, -0.25) is 0 Å². The molecule has 5 rings (SSSR count). The Morgan fingerprint density at radius 1 is 0.467 bits per heavy atom. The number of benzene rings is 4. The van der Waals surface area contributed by atoms with Gasteiger partial charge in [0.05, 0.1) is 0 Å². The summed E-state index contributed by atoms with van der Waals surface area (Å²) < 4.78 is 1.32. The topological polar surface area (TPSA) is 0 Å². The molecule has 0 amide bonds. The van der Waals surface area contributed by atoms with Crippen molar-refractivity contribution in [2.24, 2.45) is 0 Å². The van der Waals surface area contributed by atoms with Crippen molar-refractivity contribution in [2.75, 3.05) is 0 Å². The molecule has 0 N–H and O–H groups in total. The van der Waals surface area contributed by atoms with Gasteiger partial charge >= 0.3 is 0 Å². The van der Waals surface area contributed by atoms with Gasteiger partial charge in [-0.05, 0) is 101 Å². The normalized spacial score (nSPS) is 12.8. The summed E-state index contributed by atoms with van der Waals surface area (Å²) in [6, 6.07) is 20.7. The van der Waals surface area contributed by atoms with Gasteiger partial charge in [-0.1, -0.05) is 119 Å². The van der Waals surface area contributed by atoms with Gasteiger partial charge in [0.2, 0.25) is 0 Å². The van der Waals surface area contributed by atoms with Gasteiger partial charge in [-0.15, -0.1) is 22.4 Å². The summed E-state index contributed by atoms with van der Waals surface area (Å²) in [5.74, 6) is 7.94. The molecule has 0 saturated heterocycles. The van der Waals surface area contributed by atoms with Gasteiger partial charge in [0.1, 0.15) is 16.1 Å². The maximum Gasteiger partial charge on any atom is 0.146 e. The zero-order valence-corrected chi connectivity index (χ0v) is 32.5. The molecule has 0 aliphatic carbocycles. The summed E-state index contributed by atoms with van der Waals surface area (Å²) in [6.07, 6.45) is 0. The molecule has 0 nitrogen and oxygen atoms in total. The van der Waals surface area contributed by atoms with Gasteiger partial charge in [0.15, 0.2) is 0 Å². The van der Waals surface area contributed by atoms with E-state index in [2.05, 4.69) is 166 Å². The van der Waals surface area contributed by atoms with Crippen LogP contribution in [0.1, 0.15) is 94.2 Å². The quantitative estimate of drug-likeness (QED) is 0.0980. The van der Waals surface area contributed by atoms with Crippen molar-refractivity contribution in [3.63, 3.8) is 0 Å². The molecular weight excluding hydrogens is 593 g/mol. The minimum atomic E-state index is -1.95. The minimum Gasteiger partial charge on any atom is -0.144 e. The highest BCUT2D eigenvalue weighted by molar-refractivity contribution is 7.17. The van der Waals surface area contributed by atoms with E-state index >= 15 is 0 Å². The summed E-state index contributed by atoms with van der Waals surface area (Å²) in [6.45, 7) is 28.9. The molecule has 0 atom stereocenters. The van der Waals surface area contributed by atoms with Crippen LogP contribution < -0.4 is 0 Å². The van der Waals surface area contributed by atoms with E-state index in [1.54, 1.807) is 0 Å². The van der Waals surface area contributed by atoms with Crippen LogP contribution >= 0.6 is 11.3 Å². The van der Waals surface area contributed by atoms with Crippen molar-refractivity contribution in [3.05, 3.63) is 71.1 Å². The number of hydrogen-bond donors (Lipinski definition) is 0. The van der Waals surface area contributed by atoms with Crippen molar-refractivity contribution in [1.82, 2.24) is 0 Å². The Bertz CT molecular complexity index is 1810. The molecule has 5 aromatic rings. The standard InChI is InChI=1S/C42H52SSi2/c1-27(2)44(28(3)4,29(5)6)21-18-36-38-23-33-15-13-14-16-34(33)24-39(38)37(19-22-45(30(7)8,31(9)10)32(11)12)41-26-42-35(17-20-43-42)25-40(36)41/h13-17,20,23-32H,1-12H3. The lowest BCUT2D eigenvalue weighted by Gasteiger charge is -2.38. The third-order valence-corrected chi connectivity index (χ3v) is 24.6. The van der Waals surface area contributed by atoms with Gasteiger partial charge in [-0.25, -0.2) is 0 Å². The van der Waals surface area contributed by atoms with Crippen LogP contribution in [-0.2, 0) is 0 Å². The van der Waals surface area contributed by atoms with E-state index in [9.17, 15) is 0 Å². The maximum absolute atomic E-state index is 4.11. The Morgan fingerprint density at radius 2 is 0.822 bits per heavy atom. The first-order valence-corrected chi connectivity index (χ1v) is 22.5. The minimum absolute atomic E-state index is 0.582. The first-order chi connectivity index (χ1) is 21.2. The Hall–Kier alpha value is -2.83. The largest absolute Gasteiger partial charge is 0.146 e. The lowest BCUT2D eigenvalue weighted by molar-refractivity contribution is 0.838. The molecule has 0 fully saturated rings. The zero-order chi connectivity index (χ0) is 32.8. The van der Waals surface area contributed by atoms with Crippen molar-refractivity contribution < 1.29 is 0 Å². The van der Waals surface area contributed by atoms with Gasteiger partial charge in [0.25, 0.3) is 0 Å². The van der Waals surface area contributed by atoms with E-state index in [1.807, 2.05) is 11.3 Å². The second-order valence-corrected chi connectivity index (χ2v) is 27.3. The summed E-state index contributed by atoms with van der Waals surface area (Å²) in [7, 11) is -3.90. The summed E-state index contributed by atoms with van der Waals surface area (Å²) in [5.41, 5.74) is 14.1. The van der Waals surface area contributed by atoms with E-state index in [1.165, 1.54) is 53.5 Å². The molecule has 3 heteroatoms. The van der Waals surface area contributed by atoms with E-state index in [0.29, 0.717) is 33.2 Å². The van der Waals surface area contributed by atoms with Crippen LogP contribution in [0.15, 0.2) is 60.0 Å². The van der Waals surface area contributed by atoms with Crippen molar-refractivity contribution >= 4 is 69.9 Å². The first-order valence-electron chi connectivity index (χ1n) is 17.1. The molecular formula is C42H52SSi2. The summed E-state index contributed by atoms with van der Waals surface area (Å²) in [5, 5.41) is 11.1. The van der Waals surface area contributed by atoms with E-state index < -0.39 is 16.1 Å². The van der Waals surface area contributed by atoms with Gasteiger partial charge in [0, 0.05) is 21.2 Å². The molecule has 0 radical (unpaired) electrons. The fourth-order valence-electron chi connectivity index (χ4n) is 8.84. The van der Waals surface area contributed by atoms with Gasteiger partial charge in [-0.2, -0.15) is 0 Å². The molecule has 0 spiro atoms. The van der Waals surface area contributed by atoms with Crippen molar-refractivity contribution in [2.45, 2.75) is 116 Å². The van der Waals surface area contributed by atoms with Crippen molar-refractivity contribution in [1.29, 1.82) is 0 Å². The molecule has 0 saturated carbocycles. The maximum atomic E-state index is 4.11. The molecule has 0 bridgehead atoms. The molecule has 0 aliphatic rings. The highest BCUT2D eigenvalue weighted by atomic mass is 32.1. The Kier molecular flexibility index (Phi) is 9.51. The van der Waals surface area contributed by atoms with Crippen LogP contribution in [0.5, 0.6) is 0 Å². The third kappa shape index (κ3) is 5.61. The van der Waals surface area contributed by atoms with E-state index in [4.69, 9.17) is 0 Å². The monoisotopic (exact) mass is 644 g/mol. The van der Waals surface area contributed by atoms with Crippen LogP contribution in [0, 0.1) is 22.9 Å². The highest BCUT2D eigenvalue weighted by Crippen LogP contribution is 2.44. The van der Waals surface area contributed by atoms with E-state index in [0.717, 1.165) is 0 Å². The molecule has 234 valence electrons. The third-order valence-electron chi connectivity index (χ3n) is 11.1. The highest BCUT2D eigenvalue weighted by Gasteiger charge is 2.42. The smallest absolute Gasteiger partial charge is 0.144 e. The zero-order valence-electron chi connectivity index (χ0n) is 29.6. The molecule has 1 aromatic heterocycles. The molecule has 0 unspecified atom stereocenters. The van der Waals surface area contributed by atoms with Crippen LogP contribution in [0.25, 0.3) is 42.4 Å². The van der Waals surface area contributed by atoms with Crippen LogP contribution in [-0.4, -0.2) is 16.1 Å². The molecule has 4 aromatic carbocycles. The predicted octanol–water partition coefficient (Wildman–Crippen LogP) is 13.5. The first kappa shape index (κ1) is 33.5. The second-order valence-electron chi connectivity index (χ2n) is 15.1. The number of rotatable bonds is 6. The van der Waals surface area contributed by atoms with Crippen LogP contribution in [0.3, 0.4) is 0 Å². The Morgan fingerprint density at radius 3 is 1.20 bits per heavy atom. The fraction of sp³-hybridized carbons (Fsp3) is 0.429. The molecule has 45 heavy (non-hydrogen) atoms. The average molecular weight is 645 g/mol. The van der Waals surface area contributed by atoms with E-state index in [-0.39, 0.29) is 0 Å². The summed E-state index contributed by atoms with van der Waals surface area (Å²) >= 11 is 1.82. The van der Waals surface area contributed by atoms with Crippen LogP contribution in [0.4, 0.5) is 0 Å². The summed E-state index contributed by atoms with van der Waals surface area (Å²) in [4.78, 5) is 0. The molecule has 0 aliphatic heterocycles. The number of fused-ring (bicyclic) bond motifs is 4. The average Bonchev–Trinajstić information content (AvgIpc) is 3.43. The predicted molar refractivity (Wildman–Crippen MR) is 210 cm³/mol. The Balaban J connectivity index is 2.00. The lowest BCUT2D eigenvalue weighted by Crippen LogP contribution is -2.43. The SMILES string of the molecule is CC(C)[Si](C#Cc1c2cc3ccccc3cc2c(C#C[Si](C(C)C)(C(C)C)C(C)C)c2cc3sccc3cc12)(C(C)C)C(C)C. The Labute approximate surface area is 279 Å². The van der Waals surface area contributed by atoms with Crippen LogP contribution in [0.2, 0.25) is 33.2 Å². The lowest BCUT2D eigenvalue weighted by atomic mass is 9.90. The van der Waals surface area contributed by atoms with Crippen molar-refractivity contribution in [3.8, 4) is 22.9 Å². The second kappa shape index (κ2) is 12.8. The number of hydrogen-bond acceptors (Lipinski definition) is 1.